The molecule has 0 aliphatic carbocycles. The lowest BCUT2D eigenvalue weighted by molar-refractivity contribution is 0.0365. The molecule has 184 valence electrons. The quantitative estimate of drug-likeness (QED) is 0.460. The zero-order valence-corrected chi connectivity index (χ0v) is 21.9. The lowest BCUT2D eigenvalue weighted by Crippen LogP contribution is -2.39. The smallest absolute Gasteiger partial charge is 0.170 e. The number of aromatic nitrogens is 2. The van der Waals surface area contributed by atoms with E-state index in [1.807, 2.05) is 36.5 Å². The molecule has 0 amide bonds. The maximum absolute atomic E-state index is 6.60. The van der Waals surface area contributed by atoms with E-state index in [0.717, 1.165) is 73.0 Å². The van der Waals surface area contributed by atoms with Crippen LogP contribution in [0.15, 0.2) is 54.7 Å². The summed E-state index contributed by atoms with van der Waals surface area (Å²) in [5.74, 6) is 0. The second-order valence-corrected chi connectivity index (χ2v) is 10.0. The Morgan fingerprint density at radius 1 is 1.09 bits per heavy atom. The first kappa shape index (κ1) is 24.3. The summed E-state index contributed by atoms with van der Waals surface area (Å²) >= 11 is 12.5. The van der Waals surface area contributed by atoms with Gasteiger partial charge >= 0.3 is 0 Å². The maximum Gasteiger partial charge on any atom is 0.170 e. The van der Waals surface area contributed by atoms with E-state index in [9.17, 15) is 0 Å². The molecule has 2 aliphatic heterocycles. The summed E-state index contributed by atoms with van der Waals surface area (Å²) in [5.41, 5.74) is 5.56. The van der Waals surface area contributed by atoms with E-state index in [1.54, 1.807) is 0 Å². The first-order valence-corrected chi connectivity index (χ1v) is 13.0. The molecule has 1 N–H and O–H groups in total. The summed E-state index contributed by atoms with van der Waals surface area (Å²) in [6.07, 6.45) is 2.89. The standard InChI is InChI=1S/C27H32ClN5OS/c1-19-18-21(20(2)33(19)24-10-4-3-8-22(24)28)26-25(23-9-5-6-11-29-23)30-27(35)32(26)13-7-12-31-14-16-34-17-15-31/h3-6,8-11,18,25-26H,7,12-17H2,1-2H3,(H,30,35)/t25-,26+/m1/s1. The second kappa shape index (κ2) is 10.7. The second-order valence-electron chi connectivity index (χ2n) is 9.24. The van der Waals surface area contributed by atoms with E-state index in [4.69, 9.17) is 33.5 Å². The molecule has 2 atom stereocenters. The number of hydrogen-bond donors (Lipinski definition) is 1. The Labute approximate surface area is 217 Å². The molecule has 2 aliphatic rings. The molecule has 3 aromatic rings. The topological polar surface area (TPSA) is 45.6 Å². The lowest BCUT2D eigenvalue weighted by Gasteiger charge is -2.30. The van der Waals surface area contributed by atoms with Crippen LogP contribution in [0.25, 0.3) is 5.69 Å². The van der Waals surface area contributed by atoms with Crippen molar-refractivity contribution in [2.45, 2.75) is 32.4 Å². The van der Waals surface area contributed by atoms with Crippen LogP contribution in [0.2, 0.25) is 5.02 Å². The number of rotatable bonds is 7. The van der Waals surface area contributed by atoms with Crippen LogP contribution in [-0.2, 0) is 4.74 Å². The maximum atomic E-state index is 6.60. The van der Waals surface area contributed by atoms with Crippen LogP contribution in [-0.4, -0.2) is 63.9 Å². The number of thiocarbonyl (C=S) groups is 1. The number of nitrogens with one attached hydrogen (secondary N) is 1. The van der Waals surface area contributed by atoms with Gasteiger partial charge in [0, 0.05) is 43.8 Å². The molecule has 1 aromatic carbocycles. The van der Waals surface area contributed by atoms with Gasteiger partial charge in [0.15, 0.2) is 5.11 Å². The van der Waals surface area contributed by atoms with E-state index in [1.165, 1.54) is 11.3 Å². The van der Waals surface area contributed by atoms with Gasteiger partial charge in [-0.05, 0) is 68.4 Å². The predicted molar refractivity (Wildman–Crippen MR) is 144 cm³/mol. The molecule has 0 unspecified atom stereocenters. The Balaban J connectivity index is 1.48. The van der Waals surface area contributed by atoms with E-state index in [-0.39, 0.29) is 12.1 Å². The molecular formula is C27H32ClN5OS. The van der Waals surface area contributed by atoms with Crippen molar-refractivity contribution < 1.29 is 4.74 Å². The van der Waals surface area contributed by atoms with E-state index in [0.29, 0.717) is 0 Å². The molecule has 35 heavy (non-hydrogen) atoms. The van der Waals surface area contributed by atoms with Crippen LogP contribution in [0.1, 0.15) is 41.1 Å². The normalized spacial score (nSPS) is 20.9. The number of ether oxygens (including phenoxy) is 1. The minimum absolute atomic E-state index is 0.0210. The summed E-state index contributed by atoms with van der Waals surface area (Å²) in [4.78, 5) is 9.52. The van der Waals surface area contributed by atoms with E-state index < -0.39 is 0 Å². The van der Waals surface area contributed by atoms with Crippen molar-refractivity contribution in [2.75, 3.05) is 39.4 Å². The zero-order valence-electron chi connectivity index (χ0n) is 20.3. The van der Waals surface area contributed by atoms with Crippen molar-refractivity contribution >= 4 is 28.9 Å². The molecule has 8 heteroatoms. The molecule has 0 bridgehead atoms. The van der Waals surface area contributed by atoms with Gasteiger partial charge in [0.05, 0.1) is 41.7 Å². The molecule has 4 heterocycles. The minimum atomic E-state index is -0.0210. The fourth-order valence-corrected chi connectivity index (χ4v) is 5.92. The molecular weight excluding hydrogens is 478 g/mol. The Morgan fingerprint density at radius 3 is 2.60 bits per heavy atom. The largest absolute Gasteiger partial charge is 0.379 e. The third-order valence-electron chi connectivity index (χ3n) is 7.06. The van der Waals surface area contributed by atoms with Gasteiger partial charge in [0.2, 0.25) is 0 Å². The summed E-state index contributed by atoms with van der Waals surface area (Å²) in [5, 5.41) is 5.12. The van der Waals surface area contributed by atoms with Gasteiger partial charge in [-0.1, -0.05) is 29.8 Å². The number of pyridine rings is 1. The predicted octanol–water partition coefficient (Wildman–Crippen LogP) is 4.84. The van der Waals surface area contributed by atoms with Crippen molar-refractivity contribution in [3.63, 3.8) is 0 Å². The van der Waals surface area contributed by atoms with Crippen LogP contribution >= 0.6 is 23.8 Å². The Kier molecular flexibility index (Phi) is 7.39. The molecule has 2 fully saturated rings. The molecule has 2 saturated heterocycles. The highest BCUT2D eigenvalue weighted by atomic mass is 35.5. The van der Waals surface area contributed by atoms with Gasteiger partial charge in [-0.3, -0.25) is 9.88 Å². The number of para-hydroxylation sites is 1. The highest BCUT2D eigenvalue weighted by Gasteiger charge is 2.41. The van der Waals surface area contributed by atoms with E-state index >= 15 is 0 Å². The van der Waals surface area contributed by atoms with Crippen molar-refractivity contribution in [1.29, 1.82) is 0 Å². The van der Waals surface area contributed by atoms with Gasteiger partial charge in [-0.15, -0.1) is 0 Å². The number of aryl methyl sites for hydroxylation is 1. The molecule has 5 rings (SSSR count). The minimum Gasteiger partial charge on any atom is -0.379 e. The van der Waals surface area contributed by atoms with Gasteiger partial charge in [-0.25, -0.2) is 0 Å². The third-order valence-corrected chi connectivity index (χ3v) is 7.73. The zero-order chi connectivity index (χ0) is 24.4. The van der Waals surface area contributed by atoms with Crippen molar-refractivity contribution in [1.82, 2.24) is 24.7 Å². The Morgan fingerprint density at radius 2 is 1.86 bits per heavy atom. The van der Waals surface area contributed by atoms with Crippen molar-refractivity contribution in [2.24, 2.45) is 0 Å². The first-order chi connectivity index (χ1) is 17.0. The Hall–Kier alpha value is -2.45. The van der Waals surface area contributed by atoms with E-state index in [2.05, 4.69) is 51.7 Å². The van der Waals surface area contributed by atoms with Gasteiger partial charge < -0.3 is 19.5 Å². The Bertz CT molecular complexity index is 1180. The fourth-order valence-electron chi connectivity index (χ4n) is 5.37. The van der Waals surface area contributed by atoms with Gasteiger partial charge in [0.25, 0.3) is 0 Å². The highest BCUT2D eigenvalue weighted by molar-refractivity contribution is 7.80. The van der Waals surface area contributed by atoms with Gasteiger partial charge in [-0.2, -0.15) is 0 Å². The number of morpholine rings is 1. The summed E-state index contributed by atoms with van der Waals surface area (Å²) in [6, 6.07) is 16.4. The summed E-state index contributed by atoms with van der Waals surface area (Å²) in [7, 11) is 0. The van der Waals surface area contributed by atoms with Crippen LogP contribution in [0.5, 0.6) is 0 Å². The molecule has 6 nitrogen and oxygen atoms in total. The van der Waals surface area contributed by atoms with Crippen molar-refractivity contribution in [3.05, 3.63) is 82.4 Å². The van der Waals surface area contributed by atoms with Gasteiger partial charge in [0.1, 0.15) is 0 Å². The molecule has 0 spiro atoms. The number of hydrogen-bond acceptors (Lipinski definition) is 4. The lowest BCUT2D eigenvalue weighted by atomic mass is 9.96. The van der Waals surface area contributed by atoms with Crippen LogP contribution in [0.4, 0.5) is 0 Å². The van der Waals surface area contributed by atoms with Crippen LogP contribution < -0.4 is 5.32 Å². The average molecular weight is 510 g/mol. The number of halogens is 1. The molecule has 2 aromatic heterocycles. The summed E-state index contributed by atoms with van der Waals surface area (Å²) < 4.78 is 7.75. The number of benzene rings is 1. The number of nitrogens with zero attached hydrogens (tertiary/aromatic N) is 4. The van der Waals surface area contributed by atoms with Crippen molar-refractivity contribution in [3.8, 4) is 5.69 Å². The van der Waals surface area contributed by atoms with Crippen LogP contribution in [0.3, 0.4) is 0 Å². The monoisotopic (exact) mass is 509 g/mol. The first-order valence-electron chi connectivity index (χ1n) is 12.3. The average Bonchev–Trinajstić information content (AvgIpc) is 3.35. The molecule has 0 radical (unpaired) electrons. The SMILES string of the molecule is Cc1cc([C@H]2[C@@H](c3ccccn3)NC(=S)N2CCCN2CCOCC2)c(C)n1-c1ccccc1Cl. The highest BCUT2D eigenvalue weighted by Crippen LogP contribution is 2.41. The summed E-state index contributed by atoms with van der Waals surface area (Å²) in [6.45, 7) is 9.88. The molecule has 0 saturated carbocycles. The third kappa shape index (κ3) is 4.96. The van der Waals surface area contributed by atoms with Crippen LogP contribution in [0, 0.1) is 13.8 Å². The fraction of sp³-hybridized carbons (Fsp3) is 0.407.